The molecule has 0 aromatic heterocycles. The summed E-state index contributed by atoms with van der Waals surface area (Å²) in [5, 5.41) is 0.741. The highest BCUT2D eigenvalue weighted by Crippen LogP contribution is 2.12. The van der Waals surface area contributed by atoms with Crippen LogP contribution in [0.1, 0.15) is 6.92 Å². The van der Waals surface area contributed by atoms with E-state index < -0.39 is 0 Å². The highest BCUT2D eigenvalue weighted by atomic mass is 32.2. The first kappa shape index (κ1) is 4.19. The van der Waals surface area contributed by atoms with Crippen molar-refractivity contribution in [2.45, 2.75) is 12.2 Å². The van der Waals surface area contributed by atoms with E-state index >= 15 is 0 Å². The zero-order valence-corrected chi connectivity index (χ0v) is 4.53. The molecule has 1 aliphatic rings. The third-order valence-electron chi connectivity index (χ3n) is 0.730. The van der Waals surface area contributed by atoms with Gasteiger partial charge in [-0.15, -0.1) is 11.8 Å². The Morgan fingerprint density at radius 1 is 2.00 bits per heavy atom. The molecule has 0 radical (unpaired) electrons. The van der Waals surface area contributed by atoms with Crippen molar-refractivity contribution in [1.29, 1.82) is 0 Å². The number of nitrogens with zero attached hydrogens (tertiary/aromatic N) is 1. The van der Waals surface area contributed by atoms with Gasteiger partial charge in [0.1, 0.15) is 0 Å². The van der Waals surface area contributed by atoms with Crippen LogP contribution in [0.4, 0.5) is 0 Å². The molecule has 1 heterocycles. The average molecular weight is 101 g/mol. The normalized spacial score (nSPS) is 31.8. The molecule has 34 valence electrons. The standard InChI is InChI=1S/C4H7NS/c1-4-2-5-3-6-4/h3-4H,2H2,1H3/t4-/m0/s1. The molecular weight excluding hydrogens is 94.1 g/mol. The summed E-state index contributed by atoms with van der Waals surface area (Å²) in [6.07, 6.45) is 0. The Hall–Kier alpha value is 0.0200. The molecule has 1 nitrogen and oxygen atoms in total. The maximum Gasteiger partial charge on any atom is 0.0544 e. The van der Waals surface area contributed by atoms with Crippen molar-refractivity contribution in [2.24, 2.45) is 4.99 Å². The third kappa shape index (κ3) is 0.744. The largest absolute Gasteiger partial charge is 0.285 e. The lowest BCUT2D eigenvalue weighted by atomic mass is 10.5. The summed E-state index contributed by atoms with van der Waals surface area (Å²) in [5.41, 5.74) is 1.92. The van der Waals surface area contributed by atoms with Gasteiger partial charge in [-0.2, -0.15) is 0 Å². The van der Waals surface area contributed by atoms with E-state index in [2.05, 4.69) is 11.9 Å². The topological polar surface area (TPSA) is 12.4 Å². The summed E-state index contributed by atoms with van der Waals surface area (Å²) in [5.74, 6) is 0. The van der Waals surface area contributed by atoms with Crippen LogP contribution >= 0.6 is 11.8 Å². The van der Waals surface area contributed by atoms with Crippen LogP contribution in [-0.4, -0.2) is 17.3 Å². The third-order valence-corrected chi connectivity index (χ3v) is 1.61. The first-order valence-corrected chi connectivity index (χ1v) is 2.97. The average Bonchev–Trinajstić information content (AvgIpc) is 1.86. The second-order valence-corrected chi connectivity index (χ2v) is 2.70. The number of aliphatic imine (C=N–C) groups is 1. The SMILES string of the molecule is C[C@H]1CN=CS1. The number of hydrogen-bond acceptors (Lipinski definition) is 2. The highest BCUT2D eigenvalue weighted by molar-refractivity contribution is 8.12. The van der Waals surface area contributed by atoms with Crippen LogP contribution in [0.15, 0.2) is 4.99 Å². The number of hydrogen-bond donors (Lipinski definition) is 0. The fraction of sp³-hybridized carbons (Fsp3) is 0.750. The number of rotatable bonds is 0. The molecule has 0 saturated carbocycles. The van der Waals surface area contributed by atoms with E-state index in [0.717, 1.165) is 11.8 Å². The van der Waals surface area contributed by atoms with Crippen LogP contribution in [0.25, 0.3) is 0 Å². The fourth-order valence-corrected chi connectivity index (χ4v) is 0.933. The van der Waals surface area contributed by atoms with Crippen LogP contribution in [0.3, 0.4) is 0 Å². The minimum atomic E-state index is 0.741. The van der Waals surface area contributed by atoms with E-state index in [1.807, 2.05) is 5.55 Å². The minimum absolute atomic E-state index is 0.741. The molecule has 1 aliphatic heterocycles. The minimum Gasteiger partial charge on any atom is -0.285 e. The lowest BCUT2D eigenvalue weighted by Crippen LogP contribution is -1.91. The Bertz CT molecular complexity index is 61.9. The summed E-state index contributed by atoms with van der Waals surface area (Å²) in [6, 6.07) is 0. The van der Waals surface area contributed by atoms with E-state index in [-0.39, 0.29) is 0 Å². The van der Waals surface area contributed by atoms with Gasteiger partial charge < -0.3 is 0 Å². The lowest BCUT2D eigenvalue weighted by molar-refractivity contribution is 0.978. The van der Waals surface area contributed by atoms with Crippen molar-refractivity contribution in [1.82, 2.24) is 0 Å². The molecule has 0 N–H and O–H groups in total. The van der Waals surface area contributed by atoms with Gasteiger partial charge in [-0.3, -0.25) is 4.99 Å². The van der Waals surface area contributed by atoms with Crippen molar-refractivity contribution in [2.75, 3.05) is 6.54 Å². The maximum absolute atomic E-state index is 4.00. The van der Waals surface area contributed by atoms with Gasteiger partial charge >= 0.3 is 0 Å². The maximum atomic E-state index is 4.00. The summed E-state index contributed by atoms with van der Waals surface area (Å²) in [7, 11) is 0. The second kappa shape index (κ2) is 1.65. The fourth-order valence-electron chi connectivity index (χ4n) is 0.381. The van der Waals surface area contributed by atoms with Crippen molar-refractivity contribution in [3.05, 3.63) is 0 Å². The van der Waals surface area contributed by atoms with E-state index in [0.29, 0.717) is 0 Å². The van der Waals surface area contributed by atoms with Crippen molar-refractivity contribution >= 4 is 17.3 Å². The Morgan fingerprint density at radius 2 is 2.83 bits per heavy atom. The van der Waals surface area contributed by atoms with Gasteiger partial charge in [0.05, 0.1) is 12.1 Å². The van der Waals surface area contributed by atoms with Gasteiger partial charge in [-0.1, -0.05) is 6.92 Å². The summed E-state index contributed by atoms with van der Waals surface area (Å²) < 4.78 is 0. The second-order valence-electron chi connectivity index (χ2n) is 1.42. The molecule has 0 bridgehead atoms. The molecule has 0 saturated heterocycles. The van der Waals surface area contributed by atoms with Crippen LogP contribution in [0.5, 0.6) is 0 Å². The summed E-state index contributed by atoms with van der Waals surface area (Å²) in [6.45, 7) is 3.20. The lowest BCUT2D eigenvalue weighted by Gasteiger charge is -1.89. The number of thioether (sulfide) groups is 1. The molecule has 0 unspecified atom stereocenters. The summed E-state index contributed by atoms with van der Waals surface area (Å²) in [4.78, 5) is 4.00. The van der Waals surface area contributed by atoms with Crippen LogP contribution in [0, 0.1) is 0 Å². The molecule has 2 heteroatoms. The Kier molecular flexibility index (Phi) is 1.15. The van der Waals surface area contributed by atoms with E-state index in [4.69, 9.17) is 0 Å². The van der Waals surface area contributed by atoms with Gasteiger partial charge in [0.2, 0.25) is 0 Å². The van der Waals surface area contributed by atoms with Crippen LogP contribution < -0.4 is 0 Å². The molecule has 1 atom stereocenters. The predicted molar refractivity (Wildman–Crippen MR) is 30.4 cm³/mol. The van der Waals surface area contributed by atoms with Crippen molar-refractivity contribution in [3.63, 3.8) is 0 Å². The quantitative estimate of drug-likeness (QED) is 0.446. The molecule has 0 spiro atoms. The molecule has 1 rings (SSSR count). The first-order chi connectivity index (χ1) is 2.89. The smallest absolute Gasteiger partial charge is 0.0544 e. The van der Waals surface area contributed by atoms with Gasteiger partial charge in [-0.05, 0) is 0 Å². The first-order valence-electron chi connectivity index (χ1n) is 2.03. The van der Waals surface area contributed by atoms with E-state index in [9.17, 15) is 0 Å². The molecule has 6 heavy (non-hydrogen) atoms. The van der Waals surface area contributed by atoms with E-state index in [1.54, 1.807) is 11.8 Å². The molecule has 0 fully saturated rings. The van der Waals surface area contributed by atoms with Gasteiger partial charge in [0.25, 0.3) is 0 Å². The Balaban J connectivity index is 2.32. The molecule has 0 aromatic carbocycles. The van der Waals surface area contributed by atoms with Gasteiger partial charge in [0, 0.05) is 5.25 Å². The molecule has 0 amide bonds. The van der Waals surface area contributed by atoms with E-state index in [1.165, 1.54) is 0 Å². The Morgan fingerprint density at radius 3 is 3.00 bits per heavy atom. The zero-order valence-electron chi connectivity index (χ0n) is 3.72. The molecule has 0 aliphatic carbocycles. The molecule has 0 aromatic rings. The predicted octanol–water partition coefficient (Wildman–Crippen LogP) is 1.15. The Labute approximate surface area is 41.8 Å². The molecular formula is C4H7NS. The van der Waals surface area contributed by atoms with Gasteiger partial charge in [-0.25, -0.2) is 0 Å². The van der Waals surface area contributed by atoms with Crippen LogP contribution in [0.2, 0.25) is 0 Å². The summed E-state index contributed by atoms with van der Waals surface area (Å²) >= 11 is 1.81. The van der Waals surface area contributed by atoms with Crippen molar-refractivity contribution < 1.29 is 0 Å². The van der Waals surface area contributed by atoms with Crippen molar-refractivity contribution in [3.8, 4) is 0 Å². The highest BCUT2D eigenvalue weighted by Gasteiger charge is 2.02. The van der Waals surface area contributed by atoms with Gasteiger partial charge in [0.15, 0.2) is 0 Å². The van der Waals surface area contributed by atoms with Crippen LogP contribution in [-0.2, 0) is 0 Å². The zero-order chi connectivity index (χ0) is 4.41. The monoisotopic (exact) mass is 101 g/mol.